The van der Waals surface area contributed by atoms with Crippen LogP contribution in [0.4, 0.5) is 5.69 Å². The fraction of sp³-hybridized carbons (Fsp3) is 0.200. The molecule has 1 saturated heterocycles. The summed E-state index contributed by atoms with van der Waals surface area (Å²) in [7, 11) is 0. The van der Waals surface area contributed by atoms with Crippen LogP contribution < -0.4 is 4.90 Å². The first-order valence-electron chi connectivity index (χ1n) is 9.99. The summed E-state index contributed by atoms with van der Waals surface area (Å²) < 4.78 is 0. The molecule has 3 aromatic rings. The first-order chi connectivity index (χ1) is 14.4. The molecule has 1 heterocycles. The third-order valence-electron chi connectivity index (χ3n) is 7.19. The van der Waals surface area contributed by atoms with Gasteiger partial charge in [-0.15, -0.1) is 0 Å². The second kappa shape index (κ2) is 5.73. The van der Waals surface area contributed by atoms with E-state index in [-0.39, 0.29) is 35.1 Å². The molecule has 1 N–H and O–H groups in total. The molecule has 2 amide bonds. The Balaban J connectivity index is 1.62. The van der Waals surface area contributed by atoms with E-state index in [0.29, 0.717) is 5.02 Å². The number of carbonyl (C=O) groups excluding carboxylic acids is 2. The van der Waals surface area contributed by atoms with Gasteiger partial charge in [-0.3, -0.25) is 9.59 Å². The second-order valence-corrected chi connectivity index (χ2v) is 8.98. The summed E-state index contributed by atoms with van der Waals surface area (Å²) in [5, 5.41) is 10.8. The van der Waals surface area contributed by atoms with Crippen LogP contribution in [0.15, 0.2) is 66.7 Å². The molecule has 1 aliphatic heterocycles. The zero-order chi connectivity index (χ0) is 20.8. The van der Waals surface area contributed by atoms with Crippen molar-refractivity contribution in [2.45, 2.75) is 18.8 Å². The number of amides is 2. The number of imide groups is 1. The molecule has 0 aromatic heterocycles. The highest BCUT2D eigenvalue weighted by molar-refractivity contribution is 6.31. The van der Waals surface area contributed by atoms with Crippen molar-refractivity contribution >= 4 is 29.1 Å². The quantitative estimate of drug-likeness (QED) is 0.579. The average Bonchev–Trinajstić information content (AvgIpc) is 2.94. The first kappa shape index (κ1) is 17.7. The number of aromatic hydroxyl groups is 1. The Hall–Kier alpha value is -3.11. The smallest absolute Gasteiger partial charge is 0.241 e. The van der Waals surface area contributed by atoms with E-state index in [1.807, 2.05) is 31.2 Å². The summed E-state index contributed by atoms with van der Waals surface area (Å²) in [6, 6.07) is 20.7. The SMILES string of the molecule is C[C@]12C(=O)N(c3ccc(Cl)cc3O)C(=O)[C@@H]1C1c3ccccc3C2c2ccccc21. The van der Waals surface area contributed by atoms with E-state index in [9.17, 15) is 14.7 Å². The molecule has 0 radical (unpaired) electrons. The Morgan fingerprint density at radius 2 is 1.47 bits per heavy atom. The molecule has 148 valence electrons. The lowest BCUT2D eigenvalue weighted by Gasteiger charge is -2.51. The molecule has 5 heteroatoms. The van der Waals surface area contributed by atoms with E-state index in [4.69, 9.17) is 11.6 Å². The van der Waals surface area contributed by atoms with Gasteiger partial charge in [0.2, 0.25) is 11.8 Å². The number of rotatable bonds is 1. The highest BCUT2D eigenvalue weighted by atomic mass is 35.5. The molecule has 4 nitrogen and oxygen atoms in total. The van der Waals surface area contributed by atoms with Crippen molar-refractivity contribution < 1.29 is 14.7 Å². The summed E-state index contributed by atoms with van der Waals surface area (Å²) in [5.74, 6) is -1.63. The molecular weight excluding hydrogens is 398 g/mol. The maximum atomic E-state index is 13.9. The lowest BCUT2D eigenvalue weighted by Crippen LogP contribution is -2.49. The van der Waals surface area contributed by atoms with Crippen LogP contribution in [0.3, 0.4) is 0 Å². The van der Waals surface area contributed by atoms with Gasteiger partial charge in [0, 0.05) is 22.9 Å². The predicted molar refractivity (Wildman–Crippen MR) is 114 cm³/mol. The highest BCUT2D eigenvalue weighted by Crippen LogP contribution is 2.67. The summed E-state index contributed by atoms with van der Waals surface area (Å²) in [6.45, 7) is 1.91. The normalized spacial score (nSPS) is 28.3. The molecule has 2 atom stereocenters. The maximum Gasteiger partial charge on any atom is 0.241 e. The fourth-order valence-corrected chi connectivity index (χ4v) is 6.20. The van der Waals surface area contributed by atoms with Gasteiger partial charge >= 0.3 is 0 Å². The number of hydrogen-bond donors (Lipinski definition) is 1. The molecule has 4 aliphatic rings. The topological polar surface area (TPSA) is 57.6 Å². The van der Waals surface area contributed by atoms with E-state index >= 15 is 0 Å². The lowest BCUT2D eigenvalue weighted by atomic mass is 9.48. The van der Waals surface area contributed by atoms with Gasteiger partial charge < -0.3 is 5.11 Å². The van der Waals surface area contributed by atoms with Gasteiger partial charge in [0.15, 0.2) is 0 Å². The standard InChI is InChI=1S/C25H18ClNO3/c1-25-21-16-8-4-2-6-14(16)20(15-7-3-5-9-17(15)21)22(25)23(29)27(24(25)30)18-11-10-13(26)12-19(18)28/h2-12,20-22,28H,1H3/t20?,21?,22-,25+/m0/s1. The van der Waals surface area contributed by atoms with Crippen molar-refractivity contribution in [1.82, 2.24) is 0 Å². The van der Waals surface area contributed by atoms with Crippen LogP contribution in [0.5, 0.6) is 5.75 Å². The number of hydrogen-bond acceptors (Lipinski definition) is 3. The Kier molecular flexibility index (Phi) is 3.39. The second-order valence-electron chi connectivity index (χ2n) is 8.54. The van der Waals surface area contributed by atoms with E-state index in [1.54, 1.807) is 6.07 Å². The van der Waals surface area contributed by atoms with Crippen LogP contribution >= 0.6 is 11.6 Å². The number of phenolic OH excluding ortho intramolecular Hbond substituents is 1. The Bertz CT molecular complexity index is 1220. The van der Waals surface area contributed by atoms with Crippen molar-refractivity contribution in [3.05, 3.63) is 94.0 Å². The number of nitrogens with zero attached hydrogens (tertiary/aromatic N) is 1. The van der Waals surface area contributed by atoms with Gasteiger partial charge in [-0.2, -0.15) is 0 Å². The molecule has 7 rings (SSSR count). The van der Waals surface area contributed by atoms with Crippen LogP contribution in [-0.2, 0) is 9.59 Å². The van der Waals surface area contributed by atoms with E-state index < -0.39 is 11.3 Å². The van der Waals surface area contributed by atoms with Gasteiger partial charge in [-0.25, -0.2) is 4.90 Å². The van der Waals surface area contributed by atoms with Gasteiger partial charge in [0.05, 0.1) is 17.0 Å². The monoisotopic (exact) mass is 415 g/mol. The maximum absolute atomic E-state index is 13.9. The zero-order valence-corrected chi connectivity index (χ0v) is 16.9. The molecular formula is C25H18ClNO3. The minimum absolute atomic E-state index is 0.172. The van der Waals surface area contributed by atoms with Crippen molar-refractivity contribution in [3.63, 3.8) is 0 Å². The van der Waals surface area contributed by atoms with Crippen LogP contribution in [0.25, 0.3) is 0 Å². The fourth-order valence-electron chi connectivity index (χ4n) is 6.03. The van der Waals surface area contributed by atoms with Crippen molar-refractivity contribution in [2.75, 3.05) is 4.90 Å². The first-order valence-corrected chi connectivity index (χ1v) is 10.4. The molecule has 3 aromatic carbocycles. The van der Waals surface area contributed by atoms with E-state index in [1.165, 1.54) is 17.0 Å². The zero-order valence-electron chi connectivity index (χ0n) is 16.2. The molecule has 30 heavy (non-hydrogen) atoms. The number of halogens is 1. The molecule has 0 unspecified atom stereocenters. The largest absolute Gasteiger partial charge is 0.506 e. The number of anilines is 1. The van der Waals surface area contributed by atoms with E-state index in [0.717, 1.165) is 22.3 Å². The van der Waals surface area contributed by atoms with Crippen molar-refractivity contribution in [3.8, 4) is 5.75 Å². The number of carbonyl (C=O) groups is 2. The summed E-state index contributed by atoms with van der Waals surface area (Å²) in [6.07, 6.45) is 0. The lowest BCUT2D eigenvalue weighted by molar-refractivity contribution is -0.128. The minimum Gasteiger partial charge on any atom is -0.506 e. The van der Waals surface area contributed by atoms with Crippen LogP contribution in [-0.4, -0.2) is 16.9 Å². The molecule has 3 aliphatic carbocycles. The summed E-state index contributed by atoms with van der Waals surface area (Å²) >= 11 is 5.98. The molecule has 0 spiro atoms. The average molecular weight is 416 g/mol. The van der Waals surface area contributed by atoms with Crippen molar-refractivity contribution in [2.24, 2.45) is 11.3 Å². The van der Waals surface area contributed by atoms with Crippen LogP contribution in [0.1, 0.15) is 41.0 Å². The Morgan fingerprint density at radius 1 is 0.900 bits per heavy atom. The Labute approximate surface area is 178 Å². The molecule has 2 bridgehead atoms. The summed E-state index contributed by atoms with van der Waals surface area (Å²) in [4.78, 5) is 28.8. The molecule has 0 saturated carbocycles. The number of phenols is 1. The third-order valence-corrected chi connectivity index (χ3v) is 7.43. The van der Waals surface area contributed by atoms with Crippen molar-refractivity contribution in [1.29, 1.82) is 0 Å². The van der Waals surface area contributed by atoms with Crippen LogP contribution in [0.2, 0.25) is 5.02 Å². The molecule has 1 fully saturated rings. The van der Waals surface area contributed by atoms with E-state index in [2.05, 4.69) is 24.3 Å². The van der Waals surface area contributed by atoms with Gasteiger partial charge in [0.1, 0.15) is 5.75 Å². The summed E-state index contributed by atoms with van der Waals surface area (Å²) in [5.41, 5.74) is 3.74. The van der Waals surface area contributed by atoms with Gasteiger partial charge in [0.25, 0.3) is 0 Å². The number of benzene rings is 3. The Morgan fingerprint density at radius 3 is 2.03 bits per heavy atom. The van der Waals surface area contributed by atoms with Gasteiger partial charge in [-0.1, -0.05) is 60.1 Å². The predicted octanol–water partition coefficient (Wildman–Crippen LogP) is 4.83. The third kappa shape index (κ3) is 1.93. The van der Waals surface area contributed by atoms with Gasteiger partial charge in [-0.05, 0) is 41.3 Å². The van der Waals surface area contributed by atoms with Crippen LogP contribution in [0, 0.1) is 11.3 Å². The highest BCUT2D eigenvalue weighted by Gasteiger charge is 2.69. The minimum atomic E-state index is -0.920.